The summed E-state index contributed by atoms with van der Waals surface area (Å²) in [7, 11) is -3.60. The second-order valence-corrected chi connectivity index (χ2v) is 7.85. The van der Waals surface area contributed by atoms with E-state index in [0.29, 0.717) is 18.2 Å². The van der Waals surface area contributed by atoms with Crippen LogP contribution in [-0.2, 0) is 14.8 Å². The van der Waals surface area contributed by atoms with E-state index < -0.39 is 10.0 Å². The van der Waals surface area contributed by atoms with Gasteiger partial charge in [0.25, 0.3) is 0 Å². The molecule has 0 aliphatic carbocycles. The average molecular weight is 372 g/mol. The smallest absolute Gasteiger partial charge is 0.240 e. The van der Waals surface area contributed by atoms with Crippen molar-refractivity contribution < 1.29 is 22.5 Å². The Bertz CT molecular complexity index is 741. The first-order valence-electron chi connectivity index (χ1n) is 7.77. The molecule has 1 aromatic heterocycles. The number of benzene rings is 1. The maximum absolute atomic E-state index is 12.5. The molecule has 24 heavy (non-hydrogen) atoms. The van der Waals surface area contributed by atoms with E-state index in [1.54, 1.807) is 18.4 Å². The Balaban J connectivity index is 1.74. The highest BCUT2D eigenvalue weighted by molar-refractivity contribution is 7.89. The average Bonchev–Trinajstić information content (AvgIpc) is 3.11. The predicted octanol–water partition coefficient (Wildman–Crippen LogP) is 0.868. The highest BCUT2D eigenvalue weighted by atomic mass is 35.5. The molecule has 8 heteroatoms. The molecule has 1 fully saturated rings. The molecule has 1 saturated heterocycles. The summed E-state index contributed by atoms with van der Waals surface area (Å²) in [6.45, 7) is 3.21. The van der Waals surface area contributed by atoms with Crippen molar-refractivity contribution in [3.63, 3.8) is 0 Å². The molecule has 2 aromatic rings. The van der Waals surface area contributed by atoms with Crippen molar-refractivity contribution in [2.45, 2.75) is 10.9 Å². The third-order valence-corrected chi connectivity index (χ3v) is 5.81. The molecular weight excluding hydrogens is 352 g/mol. The van der Waals surface area contributed by atoms with Gasteiger partial charge in [-0.1, -0.05) is 11.6 Å². The number of halogens is 1. The Morgan fingerprint density at radius 3 is 2.50 bits per heavy atom. The summed E-state index contributed by atoms with van der Waals surface area (Å²) in [5.41, 5.74) is 0. The van der Waals surface area contributed by atoms with Gasteiger partial charge in [0.1, 0.15) is 13.1 Å². The topological polar surface area (TPSA) is 73.0 Å². The number of hydrogen-bond donors (Lipinski definition) is 2. The van der Waals surface area contributed by atoms with Crippen molar-refractivity contribution >= 4 is 21.6 Å². The summed E-state index contributed by atoms with van der Waals surface area (Å²) in [5, 5.41) is 0.500. The summed E-state index contributed by atoms with van der Waals surface area (Å²) in [6.07, 6.45) is 1.61. The number of morpholine rings is 1. The largest absolute Gasteiger partial charge is 0.463 e. The molecule has 1 aliphatic heterocycles. The summed E-state index contributed by atoms with van der Waals surface area (Å²) in [6, 6.07) is 9.72. The van der Waals surface area contributed by atoms with Crippen LogP contribution in [0.15, 0.2) is 52.0 Å². The first-order chi connectivity index (χ1) is 11.6. The Hall–Kier alpha value is -1.38. The van der Waals surface area contributed by atoms with Gasteiger partial charge >= 0.3 is 0 Å². The number of hydrogen-bond acceptors (Lipinski definition) is 4. The normalized spacial score (nSPS) is 17.7. The van der Waals surface area contributed by atoms with Gasteiger partial charge < -0.3 is 14.1 Å². The number of ether oxygens (including phenoxy) is 1. The molecule has 0 amide bonds. The molecule has 130 valence electrons. The van der Waals surface area contributed by atoms with Crippen molar-refractivity contribution in [2.75, 3.05) is 32.8 Å². The van der Waals surface area contributed by atoms with E-state index >= 15 is 0 Å². The van der Waals surface area contributed by atoms with Gasteiger partial charge in [0.05, 0.1) is 30.9 Å². The molecule has 6 nitrogen and oxygen atoms in total. The molecule has 3 rings (SSSR count). The van der Waals surface area contributed by atoms with E-state index in [4.69, 9.17) is 20.8 Å². The summed E-state index contributed by atoms with van der Waals surface area (Å²) < 4.78 is 38.6. The van der Waals surface area contributed by atoms with E-state index in [2.05, 4.69) is 4.72 Å². The van der Waals surface area contributed by atoms with Gasteiger partial charge in [-0.2, -0.15) is 0 Å². The van der Waals surface area contributed by atoms with E-state index in [-0.39, 0.29) is 17.5 Å². The minimum atomic E-state index is -3.60. The first-order valence-corrected chi connectivity index (χ1v) is 9.63. The van der Waals surface area contributed by atoms with E-state index in [0.717, 1.165) is 18.8 Å². The summed E-state index contributed by atoms with van der Waals surface area (Å²) >= 11 is 5.82. The van der Waals surface area contributed by atoms with Crippen LogP contribution in [0.2, 0.25) is 5.02 Å². The van der Waals surface area contributed by atoms with Crippen LogP contribution < -0.4 is 9.62 Å². The van der Waals surface area contributed by atoms with Crippen LogP contribution in [0.4, 0.5) is 0 Å². The van der Waals surface area contributed by atoms with Crippen molar-refractivity contribution in [3.8, 4) is 0 Å². The number of furan rings is 1. The maximum Gasteiger partial charge on any atom is 0.240 e. The molecule has 1 atom stereocenters. The van der Waals surface area contributed by atoms with Gasteiger partial charge in [-0.05, 0) is 36.4 Å². The van der Waals surface area contributed by atoms with Crippen LogP contribution in [0.1, 0.15) is 11.8 Å². The molecule has 2 N–H and O–H groups in total. The monoisotopic (exact) mass is 371 g/mol. The Morgan fingerprint density at radius 1 is 1.17 bits per heavy atom. The minimum Gasteiger partial charge on any atom is -0.463 e. The zero-order valence-electron chi connectivity index (χ0n) is 13.1. The van der Waals surface area contributed by atoms with E-state index in [9.17, 15) is 8.42 Å². The van der Waals surface area contributed by atoms with Crippen LogP contribution in [0, 0.1) is 0 Å². The lowest BCUT2D eigenvalue weighted by Gasteiger charge is -2.30. The zero-order chi connectivity index (χ0) is 17.0. The lowest BCUT2D eigenvalue weighted by molar-refractivity contribution is -0.938. The summed E-state index contributed by atoms with van der Waals surface area (Å²) in [5.74, 6) is 0.769. The highest BCUT2D eigenvalue weighted by Gasteiger charge is 2.30. The summed E-state index contributed by atoms with van der Waals surface area (Å²) in [4.78, 5) is 1.44. The quantitative estimate of drug-likeness (QED) is 0.790. The molecule has 1 aromatic carbocycles. The van der Waals surface area contributed by atoms with Gasteiger partial charge in [-0.15, -0.1) is 0 Å². The number of sulfonamides is 1. The van der Waals surface area contributed by atoms with Crippen LogP contribution in [-0.4, -0.2) is 41.3 Å². The molecule has 1 aliphatic rings. The van der Waals surface area contributed by atoms with Crippen LogP contribution in [0.3, 0.4) is 0 Å². The predicted molar refractivity (Wildman–Crippen MR) is 89.6 cm³/mol. The number of quaternary nitrogens is 1. The highest BCUT2D eigenvalue weighted by Crippen LogP contribution is 2.15. The molecule has 2 heterocycles. The Labute approximate surface area is 146 Å². The molecular formula is C16H20ClN2O4S+. The second kappa shape index (κ2) is 7.67. The standard InChI is InChI=1S/C16H19ClN2O4S/c17-13-3-5-14(6-4-13)24(20,21)18-12-15(16-2-1-9-23-16)19-7-10-22-11-8-19/h1-6,9,15,18H,7-8,10-12H2/p+1/t15-/m0/s1. The maximum atomic E-state index is 12.5. The van der Waals surface area contributed by atoms with Gasteiger partial charge in [0, 0.05) is 5.02 Å². The fourth-order valence-electron chi connectivity index (χ4n) is 2.81. The second-order valence-electron chi connectivity index (χ2n) is 5.64. The lowest BCUT2D eigenvalue weighted by Crippen LogP contribution is -3.15. The Morgan fingerprint density at radius 2 is 1.88 bits per heavy atom. The van der Waals surface area contributed by atoms with Crippen molar-refractivity contribution in [1.29, 1.82) is 0 Å². The first kappa shape index (κ1) is 17.4. The lowest BCUT2D eigenvalue weighted by atomic mass is 10.2. The number of nitrogens with one attached hydrogen (secondary N) is 2. The molecule has 0 bridgehead atoms. The SMILES string of the molecule is O=S(=O)(NC[C@@H](c1ccco1)[NH+]1CCOCC1)c1ccc(Cl)cc1. The minimum absolute atomic E-state index is 0.0917. The fraction of sp³-hybridized carbons (Fsp3) is 0.375. The van der Waals surface area contributed by atoms with Crippen molar-refractivity contribution in [3.05, 3.63) is 53.4 Å². The van der Waals surface area contributed by atoms with Gasteiger partial charge in [-0.3, -0.25) is 0 Å². The van der Waals surface area contributed by atoms with Gasteiger partial charge in [0.2, 0.25) is 10.0 Å². The molecule has 0 radical (unpaired) electrons. The van der Waals surface area contributed by atoms with Crippen LogP contribution in [0.25, 0.3) is 0 Å². The van der Waals surface area contributed by atoms with Crippen LogP contribution >= 0.6 is 11.6 Å². The Kier molecular flexibility index (Phi) is 5.57. The van der Waals surface area contributed by atoms with Gasteiger partial charge in [-0.25, -0.2) is 13.1 Å². The molecule has 0 unspecified atom stereocenters. The van der Waals surface area contributed by atoms with Gasteiger partial charge in [0.15, 0.2) is 11.8 Å². The van der Waals surface area contributed by atoms with Crippen LogP contribution in [0.5, 0.6) is 0 Å². The molecule has 0 spiro atoms. The third-order valence-electron chi connectivity index (χ3n) is 4.12. The van der Waals surface area contributed by atoms with E-state index in [1.807, 2.05) is 12.1 Å². The zero-order valence-corrected chi connectivity index (χ0v) is 14.6. The van der Waals surface area contributed by atoms with Crippen molar-refractivity contribution in [1.82, 2.24) is 4.72 Å². The fourth-order valence-corrected chi connectivity index (χ4v) is 3.98. The number of rotatable bonds is 6. The van der Waals surface area contributed by atoms with Crippen molar-refractivity contribution in [2.24, 2.45) is 0 Å². The van der Waals surface area contributed by atoms with E-state index in [1.165, 1.54) is 17.0 Å². The third kappa shape index (κ3) is 4.17. The molecule has 0 saturated carbocycles.